The van der Waals surface area contributed by atoms with E-state index in [0.29, 0.717) is 18.0 Å². The molecule has 0 saturated heterocycles. The van der Waals surface area contributed by atoms with Gasteiger partial charge in [-0.25, -0.2) is 4.39 Å². The van der Waals surface area contributed by atoms with Gasteiger partial charge in [0.1, 0.15) is 5.82 Å². The van der Waals surface area contributed by atoms with Crippen LogP contribution in [-0.4, -0.2) is 24.4 Å². The molecule has 0 spiro atoms. The lowest BCUT2D eigenvalue weighted by Gasteiger charge is -2.18. The number of halogens is 1. The van der Waals surface area contributed by atoms with Crippen LogP contribution >= 0.6 is 0 Å². The lowest BCUT2D eigenvalue weighted by atomic mass is 10.1. The average molecular weight is 223 g/mol. The highest BCUT2D eigenvalue weighted by molar-refractivity contribution is 5.94. The van der Waals surface area contributed by atoms with Gasteiger partial charge in [0, 0.05) is 19.2 Å². The summed E-state index contributed by atoms with van der Waals surface area (Å²) >= 11 is 0. The van der Waals surface area contributed by atoms with E-state index >= 15 is 0 Å². The summed E-state index contributed by atoms with van der Waals surface area (Å²) in [4.78, 5) is 13.5. The normalized spacial score (nSPS) is 10.6. The molecule has 1 aromatic carbocycles. The Labute approximate surface area is 96.1 Å². The number of hydrogen-bond donors (Lipinski definition) is 0. The molecule has 2 nitrogen and oxygen atoms in total. The standard InChI is InChI=1S/C13H18FNO/c1-10(2)7-8-15(3)13(16)11-5-4-6-12(14)9-11/h4-6,9-10H,7-8H2,1-3H3. The van der Waals surface area contributed by atoms with Crippen molar-refractivity contribution in [2.75, 3.05) is 13.6 Å². The van der Waals surface area contributed by atoms with E-state index in [1.165, 1.54) is 12.1 Å². The number of hydrogen-bond acceptors (Lipinski definition) is 1. The molecule has 0 N–H and O–H groups in total. The summed E-state index contributed by atoms with van der Waals surface area (Å²) < 4.78 is 12.9. The first kappa shape index (κ1) is 12.7. The highest BCUT2D eigenvalue weighted by atomic mass is 19.1. The van der Waals surface area contributed by atoms with Gasteiger partial charge in [-0.15, -0.1) is 0 Å². The summed E-state index contributed by atoms with van der Waals surface area (Å²) in [7, 11) is 1.75. The van der Waals surface area contributed by atoms with E-state index in [2.05, 4.69) is 13.8 Å². The van der Waals surface area contributed by atoms with Gasteiger partial charge in [0.15, 0.2) is 0 Å². The van der Waals surface area contributed by atoms with Crippen LogP contribution in [0, 0.1) is 11.7 Å². The molecule has 1 rings (SSSR count). The van der Waals surface area contributed by atoms with E-state index in [9.17, 15) is 9.18 Å². The van der Waals surface area contributed by atoms with Gasteiger partial charge >= 0.3 is 0 Å². The Bertz CT molecular complexity index is 363. The van der Waals surface area contributed by atoms with Crippen LogP contribution in [0.2, 0.25) is 0 Å². The van der Waals surface area contributed by atoms with Crippen LogP contribution in [-0.2, 0) is 0 Å². The van der Waals surface area contributed by atoms with E-state index in [1.807, 2.05) is 0 Å². The molecule has 3 heteroatoms. The van der Waals surface area contributed by atoms with Crippen LogP contribution in [0.3, 0.4) is 0 Å². The molecule has 0 unspecified atom stereocenters. The zero-order chi connectivity index (χ0) is 12.1. The monoisotopic (exact) mass is 223 g/mol. The van der Waals surface area contributed by atoms with Crippen molar-refractivity contribution in [2.24, 2.45) is 5.92 Å². The maximum Gasteiger partial charge on any atom is 0.253 e. The molecule has 0 atom stereocenters. The lowest BCUT2D eigenvalue weighted by molar-refractivity contribution is 0.0788. The van der Waals surface area contributed by atoms with Gasteiger partial charge in [0.25, 0.3) is 5.91 Å². The van der Waals surface area contributed by atoms with Crippen LogP contribution in [0.4, 0.5) is 4.39 Å². The van der Waals surface area contributed by atoms with Gasteiger partial charge in [-0.3, -0.25) is 4.79 Å². The average Bonchev–Trinajstić information content (AvgIpc) is 2.24. The molecule has 0 bridgehead atoms. The van der Waals surface area contributed by atoms with E-state index < -0.39 is 0 Å². The first-order valence-corrected chi connectivity index (χ1v) is 5.51. The second-order valence-electron chi connectivity index (χ2n) is 4.42. The van der Waals surface area contributed by atoms with E-state index in [-0.39, 0.29) is 11.7 Å². The number of nitrogens with zero attached hydrogens (tertiary/aromatic N) is 1. The zero-order valence-electron chi connectivity index (χ0n) is 10.0. The first-order chi connectivity index (χ1) is 7.50. The lowest BCUT2D eigenvalue weighted by Crippen LogP contribution is -2.28. The Hall–Kier alpha value is -1.38. The third kappa shape index (κ3) is 3.65. The van der Waals surface area contributed by atoms with Gasteiger partial charge in [0.2, 0.25) is 0 Å². The van der Waals surface area contributed by atoms with Gasteiger partial charge in [-0.05, 0) is 30.5 Å². The summed E-state index contributed by atoms with van der Waals surface area (Å²) in [5, 5.41) is 0. The molecule has 1 amide bonds. The Morgan fingerprint density at radius 2 is 2.12 bits per heavy atom. The maximum atomic E-state index is 12.9. The Kier molecular flexibility index (Phi) is 4.47. The predicted molar refractivity (Wildman–Crippen MR) is 62.8 cm³/mol. The van der Waals surface area contributed by atoms with Crippen molar-refractivity contribution in [3.05, 3.63) is 35.6 Å². The highest BCUT2D eigenvalue weighted by Gasteiger charge is 2.12. The second kappa shape index (κ2) is 5.64. The van der Waals surface area contributed by atoms with Crippen molar-refractivity contribution in [3.8, 4) is 0 Å². The van der Waals surface area contributed by atoms with E-state index in [0.717, 1.165) is 6.42 Å². The minimum Gasteiger partial charge on any atom is -0.342 e. The molecule has 0 heterocycles. The molecule has 0 fully saturated rings. The largest absolute Gasteiger partial charge is 0.342 e. The molecule has 0 radical (unpaired) electrons. The minimum absolute atomic E-state index is 0.125. The fourth-order valence-electron chi connectivity index (χ4n) is 1.40. The molecule has 1 aromatic rings. The van der Waals surface area contributed by atoms with Crippen LogP contribution < -0.4 is 0 Å². The van der Waals surface area contributed by atoms with Gasteiger partial charge in [-0.1, -0.05) is 19.9 Å². The van der Waals surface area contributed by atoms with Crippen molar-refractivity contribution in [1.82, 2.24) is 4.90 Å². The van der Waals surface area contributed by atoms with Crippen LogP contribution in [0.5, 0.6) is 0 Å². The Balaban J connectivity index is 2.63. The molecule has 88 valence electrons. The third-order valence-electron chi connectivity index (χ3n) is 2.46. The second-order valence-corrected chi connectivity index (χ2v) is 4.42. The summed E-state index contributed by atoms with van der Waals surface area (Å²) in [6.45, 7) is 4.92. The van der Waals surface area contributed by atoms with Crippen molar-refractivity contribution < 1.29 is 9.18 Å². The molecule has 0 aliphatic rings. The van der Waals surface area contributed by atoms with Gasteiger partial charge in [0.05, 0.1) is 0 Å². The summed E-state index contributed by atoms with van der Waals surface area (Å²) in [6.07, 6.45) is 0.956. The number of benzene rings is 1. The summed E-state index contributed by atoms with van der Waals surface area (Å²) in [6, 6.07) is 5.80. The molecular weight excluding hydrogens is 205 g/mol. The quantitative estimate of drug-likeness (QED) is 0.768. The Morgan fingerprint density at radius 3 is 2.69 bits per heavy atom. The third-order valence-corrected chi connectivity index (χ3v) is 2.46. The molecular formula is C13H18FNO. The molecule has 16 heavy (non-hydrogen) atoms. The van der Waals surface area contributed by atoms with Gasteiger partial charge in [-0.2, -0.15) is 0 Å². The number of carbonyl (C=O) groups is 1. The number of carbonyl (C=O) groups excluding carboxylic acids is 1. The fraction of sp³-hybridized carbons (Fsp3) is 0.462. The first-order valence-electron chi connectivity index (χ1n) is 5.51. The van der Waals surface area contributed by atoms with Gasteiger partial charge < -0.3 is 4.90 Å². The molecule has 0 aliphatic carbocycles. The highest BCUT2D eigenvalue weighted by Crippen LogP contribution is 2.08. The fourth-order valence-corrected chi connectivity index (χ4v) is 1.40. The SMILES string of the molecule is CC(C)CCN(C)C(=O)c1cccc(F)c1. The number of rotatable bonds is 4. The van der Waals surface area contributed by atoms with Crippen molar-refractivity contribution in [1.29, 1.82) is 0 Å². The maximum absolute atomic E-state index is 12.9. The summed E-state index contributed by atoms with van der Waals surface area (Å²) in [5.41, 5.74) is 0.409. The molecule has 0 aliphatic heterocycles. The number of amides is 1. The Morgan fingerprint density at radius 1 is 1.44 bits per heavy atom. The van der Waals surface area contributed by atoms with Crippen LogP contribution in [0.25, 0.3) is 0 Å². The smallest absolute Gasteiger partial charge is 0.253 e. The van der Waals surface area contributed by atoms with Crippen LogP contribution in [0.1, 0.15) is 30.6 Å². The van der Waals surface area contributed by atoms with Crippen molar-refractivity contribution >= 4 is 5.91 Å². The van der Waals surface area contributed by atoms with Crippen LogP contribution in [0.15, 0.2) is 24.3 Å². The molecule has 0 saturated carbocycles. The van der Waals surface area contributed by atoms with E-state index in [1.54, 1.807) is 24.1 Å². The summed E-state index contributed by atoms with van der Waals surface area (Å²) in [5.74, 6) is 0.0611. The minimum atomic E-state index is -0.372. The predicted octanol–water partition coefficient (Wildman–Crippen LogP) is 2.94. The van der Waals surface area contributed by atoms with E-state index in [4.69, 9.17) is 0 Å². The topological polar surface area (TPSA) is 20.3 Å². The molecule has 0 aromatic heterocycles. The van der Waals surface area contributed by atoms with Crippen molar-refractivity contribution in [2.45, 2.75) is 20.3 Å². The van der Waals surface area contributed by atoms with Crippen molar-refractivity contribution in [3.63, 3.8) is 0 Å². The zero-order valence-corrected chi connectivity index (χ0v) is 10.0.